The standard InChI is InChI=1S/C13H27N3O2/c1-9(13(2,3)8-16(4)5)15-12(18)11-6-10(17)7-14-11/h9-11,14,17H,6-8H2,1-5H3,(H,15,18)/t9-,10-,11-/m0/s1. The molecule has 1 saturated heterocycles. The van der Waals surface area contributed by atoms with Crippen molar-refractivity contribution in [2.75, 3.05) is 27.2 Å². The van der Waals surface area contributed by atoms with Crippen LogP contribution in [0.15, 0.2) is 0 Å². The van der Waals surface area contributed by atoms with Crippen LogP contribution < -0.4 is 10.6 Å². The van der Waals surface area contributed by atoms with Gasteiger partial charge in [0.05, 0.1) is 12.1 Å². The zero-order valence-electron chi connectivity index (χ0n) is 12.2. The van der Waals surface area contributed by atoms with Crippen LogP contribution in [0.3, 0.4) is 0 Å². The van der Waals surface area contributed by atoms with Crippen LogP contribution in [-0.4, -0.2) is 61.3 Å². The second-order valence-corrected chi connectivity index (χ2v) is 6.31. The summed E-state index contributed by atoms with van der Waals surface area (Å²) in [7, 11) is 4.07. The number of carbonyl (C=O) groups excluding carboxylic acids is 1. The molecule has 3 N–H and O–H groups in total. The van der Waals surface area contributed by atoms with Crippen molar-refractivity contribution in [3.8, 4) is 0 Å². The highest BCUT2D eigenvalue weighted by atomic mass is 16.3. The normalized spacial score (nSPS) is 26.4. The third kappa shape index (κ3) is 4.23. The summed E-state index contributed by atoms with van der Waals surface area (Å²) in [4.78, 5) is 14.2. The van der Waals surface area contributed by atoms with Crippen molar-refractivity contribution in [2.45, 2.75) is 45.4 Å². The van der Waals surface area contributed by atoms with Crippen molar-refractivity contribution >= 4 is 5.91 Å². The van der Waals surface area contributed by atoms with Crippen molar-refractivity contribution in [3.63, 3.8) is 0 Å². The summed E-state index contributed by atoms with van der Waals surface area (Å²) in [5.41, 5.74) is 0.0103. The van der Waals surface area contributed by atoms with Gasteiger partial charge >= 0.3 is 0 Å². The smallest absolute Gasteiger partial charge is 0.237 e. The zero-order chi connectivity index (χ0) is 13.9. The van der Waals surface area contributed by atoms with Crippen LogP contribution in [0, 0.1) is 5.41 Å². The Morgan fingerprint density at radius 2 is 2.17 bits per heavy atom. The van der Waals surface area contributed by atoms with Gasteiger partial charge in [0.1, 0.15) is 0 Å². The molecular weight excluding hydrogens is 230 g/mol. The van der Waals surface area contributed by atoms with E-state index in [1.165, 1.54) is 0 Å². The van der Waals surface area contributed by atoms with E-state index in [0.717, 1.165) is 6.54 Å². The fourth-order valence-corrected chi connectivity index (χ4v) is 2.38. The summed E-state index contributed by atoms with van der Waals surface area (Å²) < 4.78 is 0. The highest BCUT2D eigenvalue weighted by molar-refractivity contribution is 5.82. The van der Waals surface area contributed by atoms with E-state index in [0.29, 0.717) is 13.0 Å². The Morgan fingerprint density at radius 1 is 1.56 bits per heavy atom. The first-order valence-corrected chi connectivity index (χ1v) is 6.59. The summed E-state index contributed by atoms with van der Waals surface area (Å²) in [5.74, 6) is -0.00844. The molecule has 18 heavy (non-hydrogen) atoms. The van der Waals surface area contributed by atoms with E-state index in [1.54, 1.807) is 0 Å². The van der Waals surface area contributed by atoms with Crippen LogP contribution in [-0.2, 0) is 4.79 Å². The van der Waals surface area contributed by atoms with Crippen molar-refractivity contribution in [3.05, 3.63) is 0 Å². The van der Waals surface area contributed by atoms with Gasteiger partial charge < -0.3 is 20.6 Å². The molecular formula is C13H27N3O2. The van der Waals surface area contributed by atoms with Gasteiger partial charge in [-0.1, -0.05) is 13.8 Å². The maximum absolute atomic E-state index is 12.0. The Labute approximate surface area is 110 Å². The lowest BCUT2D eigenvalue weighted by molar-refractivity contribution is -0.124. The Bertz CT molecular complexity index is 292. The number of aliphatic hydroxyl groups excluding tert-OH is 1. The first-order valence-electron chi connectivity index (χ1n) is 6.59. The molecule has 1 aliphatic heterocycles. The van der Waals surface area contributed by atoms with E-state index in [2.05, 4.69) is 29.4 Å². The third-order valence-corrected chi connectivity index (χ3v) is 3.68. The van der Waals surface area contributed by atoms with Crippen LogP contribution in [0.25, 0.3) is 0 Å². The molecule has 106 valence electrons. The van der Waals surface area contributed by atoms with E-state index in [-0.39, 0.29) is 23.4 Å². The number of rotatable bonds is 5. The molecule has 1 fully saturated rings. The first-order chi connectivity index (χ1) is 8.22. The molecule has 0 unspecified atom stereocenters. The molecule has 0 aromatic carbocycles. The molecule has 0 aromatic heterocycles. The van der Waals surface area contributed by atoms with Gasteiger partial charge in [-0.15, -0.1) is 0 Å². The quantitative estimate of drug-likeness (QED) is 0.638. The number of aliphatic hydroxyl groups is 1. The molecule has 3 atom stereocenters. The van der Waals surface area contributed by atoms with Crippen molar-refractivity contribution in [2.24, 2.45) is 5.41 Å². The number of β-amino-alcohol motifs (C(OH)–C–C–N with tert-alkyl or cyclic N) is 1. The summed E-state index contributed by atoms with van der Waals surface area (Å²) in [6, 6.07) is -0.162. The Balaban J connectivity index is 2.48. The Kier molecular flexibility index (Phi) is 5.13. The molecule has 5 heteroatoms. The number of amides is 1. The molecule has 0 aromatic rings. The van der Waals surface area contributed by atoms with E-state index < -0.39 is 6.10 Å². The SMILES string of the molecule is C[C@H](NC(=O)[C@@H]1C[C@H](O)CN1)C(C)(C)CN(C)C. The summed E-state index contributed by atoms with van der Waals surface area (Å²) >= 11 is 0. The minimum absolute atomic E-state index is 0.00844. The second-order valence-electron chi connectivity index (χ2n) is 6.31. The Hall–Kier alpha value is -0.650. The van der Waals surface area contributed by atoms with Gasteiger partial charge in [0.15, 0.2) is 0 Å². The second kappa shape index (κ2) is 5.99. The molecule has 0 bridgehead atoms. The lowest BCUT2D eigenvalue weighted by Gasteiger charge is -2.35. The molecule has 5 nitrogen and oxygen atoms in total. The third-order valence-electron chi connectivity index (χ3n) is 3.68. The van der Waals surface area contributed by atoms with Crippen LogP contribution in [0.5, 0.6) is 0 Å². The molecule has 0 aliphatic carbocycles. The number of hydrogen-bond donors (Lipinski definition) is 3. The van der Waals surface area contributed by atoms with Gasteiger partial charge in [0.25, 0.3) is 0 Å². The van der Waals surface area contributed by atoms with Gasteiger partial charge in [-0.3, -0.25) is 4.79 Å². The Morgan fingerprint density at radius 3 is 2.61 bits per heavy atom. The van der Waals surface area contributed by atoms with Crippen LogP contribution >= 0.6 is 0 Å². The van der Waals surface area contributed by atoms with Gasteiger partial charge in [0, 0.05) is 19.1 Å². The number of nitrogens with one attached hydrogen (secondary N) is 2. The molecule has 1 rings (SSSR count). The lowest BCUT2D eigenvalue weighted by Crippen LogP contribution is -2.51. The minimum atomic E-state index is -0.397. The average molecular weight is 257 g/mol. The molecule has 1 amide bonds. The first kappa shape index (κ1) is 15.4. The van der Waals surface area contributed by atoms with Crippen molar-refractivity contribution in [1.29, 1.82) is 0 Å². The van der Waals surface area contributed by atoms with E-state index in [4.69, 9.17) is 0 Å². The van der Waals surface area contributed by atoms with Crippen LogP contribution in [0.1, 0.15) is 27.2 Å². The van der Waals surface area contributed by atoms with Gasteiger partial charge in [-0.25, -0.2) is 0 Å². The monoisotopic (exact) mass is 257 g/mol. The fourth-order valence-electron chi connectivity index (χ4n) is 2.38. The number of hydrogen-bond acceptors (Lipinski definition) is 4. The summed E-state index contributed by atoms with van der Waals surface area (Å²) in [6.45, 7) is 7.75. The van der Waals surface area contributed by atoms with Crippen molar-refractivity contribution in [1.82, 2.24) is 15.5 Å². The summed E-state index contributed by atoms with van der Waals surface area (Å²) in [5, 5.41) is 15.5. The van der Waals surface area contributed by atoms with Gasteiger partial charge in [-0.05, 0) is 32.9 Å². The van der Waals surface area contributed by atoms with Crippen molar-refractivity contribution < 1.29 is 9.90 Å². The topological polar surface area (TPSA) is 64.6 Å². The largest absolute Gasteiger partial charge is 0.392 e. The van der Waals surface area contributed by atoms with Gasteiger partial charge in [-0.2, -0.15) is 0 Å². The maximum atomic E-state index is 12.0. The molecule has 1 aliphatic rings. The fraction of sp³-hybridized carbons (Fsp3) is 0.923. The lowest BCUT2D eigenvalue weighted by atomic mass is 9.84. The molecule has 0 saturated carbocycles. The zero-order valence-corrected chi connectivity index (χ0v) is 12.2. The van der Waals surface area contributed by atoms with Crippen LogP contribution in [0.2, 0.25) is 0 Å². The predicted molar refractivity (Wildman–Crippen MR) is 72.4 cm³/mol. The van der Waals surface area contributed by atoms with E-state index >= 15 is 0 Å². The highest BCUT2D eigenvalue weighted by Gasteiger charge is 2.32. The summed E-state index contributed by atoms with van der Waals surface area (Å²) in [6.07, 6.45) is 0.109. The molecule has 0 spiro atoms. The molecule has 0 radical (unpaired) electrons. The predicted octanol–water partition coefficient (Wildman–Crippen LogP) is -0.198. The number of nitrogens with zero attached hydrogens (tertiary/aromatic N) is 1. The average Bonchev–Trinajstić information content (AvgIpc) is 2.62. The van der Waals surface area contributed by atoms with Gasteiger partial charge in [0.2, 0.25) is 5.91 Å². The minimum Gasteiger partial charge on any atom is -0.392 e. The highest BCUT2D eigenvalue weighted by Crippen LogP contribution is 2.21. The molecule has 1 heterocycles. The maximum Gasteiger partial charge on any atom is 0.237 e. The van der Waals surface area contributed by atoms with E-state index in [9.17, 15) is 9.90 Å². The van der Waals surface area contributed by atoms with Crippen LogP contribution in [0.4, 0.5) is 0 Å². The van der Waals surface area contributed by atoms with E-state index in [1.807, 2.05) is 21.0 Å². The number of carbonyl (C=O) groups is 1.